The number of piperidine rings is 1. The van der Waals surface area contributed by atoms with Gasteiger partial charge in [-0.05, 0) is 51.4 Å². The van der Waals surface area contributed by atoms with Crippen molar-refractivity contribution in [1.29, 1.82) is 0 Å². The van der Waals surface area contributed by atoms with E-state index in [1.54, 1.807) is 0 Å². The van der Waals surface area contributed by atoms with Gasteiger partial charge in [0.2, 0.25) is 0 Å². The maximum Gasteiger partial charge on any atom is 0.266 e. The van der Waals surface area contributed by atoms with Crippen LogP contribution in [-0.2, 0) is 9.53 Å². The van der Waals surface area contributed by atoms with Gasteiger partial charge in [-0.15, -0.1) is 0 Å². The van der Waals surface area contributed by atoms with Gasteiger partial charge >= 0.3 is 0 Å². The summed E-state index contributed by atoms with van der Waals surface area (Å²) < 4.78 is 12.1. The molecule has 2 heterocycles. The molecule has 25 heavy (non-hydrogen) atoms. The molecule has 3 rings (SSSR count). The van der Waals surface area contributed by atoms with Crippen LogP contribution in [0.1, 0.15) is 37.7 Å². The Kier molecular flexibility index (Phi) is 5.97. The fraction of sp³-hybridized carbons (Fsp3) is 0.650. The van der Waals surface area contributed by atoms with Crippen LogP contribution in [0.3, 0.4) is 0 Å². The number of benzene rings is 1. The number of nitrogens with zero attached hydrogens (tertiary/aromatic N) is 1. The molecular formula is C20H30N2O3. The lowest BCUT2D eigenvalue weighted by Gasteiger charge is -2.40. The number of hydrogen-bond acceptors (Lipinski definition) is 4. The van der Waals surface area contributed by atoms with Gasteiger partial charge in [0.25, 0.3) is 5.91 Å². The van der Waals surface area contributed by atoms with E-state index in [0.29, 0.717) is 19.4 Å². The minimum atomic E-state index is -0.774. The molecule has 1 aromatic rings. The van der Waals surface area contributed by atoms with Crippen molar-refractivity contribution in [2.75, 3.05) is 33.3 Å². The molecule has 0 aromatic heterocycles. The standard InChI is InChI=1S/C20H30N2O3/c1-16-6-8-17(9-7-16)25-20(10-12-21-13-11-20)19(23)22(2)15-18-5-3-4-14-24-18/h6-9,18,21H,3-5,10-15H2,1-2H3/t18-/m1/s1. The fourth-order valence-corrected chi connectivity index (χ4v) is 3.71. The Morgan fingerprint density at radius 2 is 2.00 bits per heavy atom. The Labute approximate surface area is 150 Å². The van der Waals surface area contributed by atoms with Crippen LogP contribution in [0.2, 0.25) is 0 Å². The number of nitrogens with one attached hydrogen (secondary N) is 1. The van der Waals surface area contributed by atoms with Crippen LogP contribution in [-0.4, -0.2) is 55.8 Å². The number of carbonyl (C=O) groups excluding carboxylic acids is 1. The van der Waals surface area contributed by atoms with Gasteiger partial charge in [0.15, 0.2) is 5.60 Å². The van der Waals surface area contributed by atoms with Gasteiger partial charge in [0, 0.05) is 33.0 Å². The third kappa shape index (κ3) is 4.53. The van der Waals surface area contributed by atoms with E-state index in [0.717, 1.165) is 38.3 Å². The Hall–Kier alpha value is -1.59. The molecule has 2 saturated heterocycles. The van der Waals surface area contributed by atoms with E-state index in [9.17, 15) is 4.79 Å². The normalized spacial score (nSPS) is 23.0. The summed E-state index contributed by atoms with van der Waals surface area (Å²) in [5.74, 6) is 0.840. The maximum atomic E-state index is 13.3. The zero-order valence-corrected chi connectivity index (χ0v) is 15.4. The largest absolute Gasteiger partial charge is 0.477 e. The van der Waals surface area contributed by atoms with E-state index < -0.39 is 5.60 Å². The molecule has 5 heteroatoms. The molecule has 5 nitrogen and oxygen atoms in total. The first-order valence-corrected chi connectivity index (χ1v) is 9.43. The monoisotopic (exact) mass is 346 g/mol. The first kappa shape index (κ1) is 18.2. The van der Waals surface area contributed by atoms with Gasteiger partial charge in [-0.3, -0.25) is 4.79 Å². The third-order valence-electron chi connectivity index (χ3n) is 5.23. The Bertz CT molecular complexity index is 561. The second-order valence-electron chi connectivity index (χ2n) is 7.33. The van der Waals surface area contributed by atoms with E-state index in [1.165, 1.54) is 12.0 Å². The zero-order valence-electron chi connectivity index (χ0n) is 15.4. The summed E-state index contributed by atoms with van der Waals surface area (Å²) in [5, 5.41) is 3.33. The van der Waals surface area contributed by atoms with Gasteiger partial charge in [-0.1, -0.05) is 17.7 Å². The van der Waals surface area contributed by atoms with Crippen LogP contribution in [0.15, 0.2) is 24.3 Å². The quantitative estimate of drug-likeness (QED) is 0.890. The van der Waals surface area contributed by atoms with Gasteiger partial charge in [0.05, 0.1) is 6.10 Å². The SMILES string of the molecule is Cc1ccc(OC2(C(=O)N(C)C[C@H]3CCCCO3)CCNCC2)cc1. The number of ether oxygens (including phenoxy) is 2. The summed E-state index contributed by atoms with van der Waals surface area (Å²) in [6, 6.07) is 7.95. The third-order valence-corrected chi connectivity index (χ3v) is 5.23. The zero-order chi connectivity index (χ0) is 17.7. The lowest BCUT2D eigenvalue weighted by atomic mass is 9.90. The van der Waals surface area contributed by atoms with Crippen LogP contribution >= 0.6 is 0 Å². The molecule has 2 aliphatic rings. The van der Waals surface area contributed by atoms with E-state index in [2.05, 4.69) is 5.32 Å². The predicted molar refractivity (Wildman–Crippen MR) is 97.9 cm³/mol. The number of aryl methyl sites for hydroxylation is 1. The molecule has 2 fully saturated rings. The topological polar surface area (TPSA) is 50.8 Å². The van der Waals surface area contributed by atoms with Crippen LogP contribution in [0.25, 0.3) is 0 Å². The van der Waals surface area contributed by atoms with Crippen molar-refractivity contribution in [2.24, 2.45) is 0 Å². The van der Waals surface area contributed by atoms with E-state index in [-0.39, 0.29) is 12.0 Å². The van der Waals surface area contributed by atoms with Gasteiger partial charge in [0.1, 0.15) is 5.75 Å². The smallest absolute Gasteiger partial charge is 0.266 e. The second-order valence-corrected chi connectivity index (χ2v) is 7.33. The van der Waals surface area contributed by atoms with Gasteiger partial charge < -0.3 is 19.7 Å². The highest BCUT2D eigenvalue weighted by Gasteiger charge is 2.44. The Balaban J connectivity index is 1.71. The number of hydrogen-bond donors (Lipinski definition) is 1. The van der Waals surface area contributed by atoms with Crippen LogP contribution in [0.4, 0.5) is 0 Å². The number of amides is 1. The van der Waals surface area contributed by atoms with E-state index >= 15 is 0 Å². The molecular weight excluding hydrogens is 316 g/mol. The Morgan fingerprint density at radius 3 is 2.64 bits per heavy atom. The molecule has 0 aliphatic carbocycles. The van der Waals surface area contributed by atoms with Gasteiger partial charge in [-0.2, -0.15) is 0 Å². The van der Waals surface area contributed by atoms with Crippen molar-refractivity contribution in [3.05, 3.63) is 29.8 Å². The molecule has 0 bridgehead atoms. The molecule has 1 aromatic carbocycles. The van der Waals surface area contributed by atoms with E-state index in [1.807, 2.05) is 43.1 Å². The highest BCUT2D eigenvalue weighted by Crippen LogP contribution is 2.29. The average Bonchev–Trinajstić information content (AvgIpc) is 2.64. The highest BCUT2D eigenvalue weighted by molar-refractivity contribution is 5.85. The summed E-state index contributed by atoms with van der Waals surface area (Å²) in [5.41, 5.74) is 0.411. The van der Waals surface area contributed by atoms with E-state index in [4.69, 9.17) is 9.47 Å². The van der Waals surface area contributed by atoms with Crippen molar-refractivity contribution < 1.29 is 14.3 Å². The molecule has 0 saturated carbocycles. The minimum absolute atomic E-state index is 0.0729. The van der Waals surface area contributed by atoms with Crippen LogP contribution < -0.4 is 10.1 Å². The summed E-state index contributed by atoms with van der Waals surface area (Å²) in [7, 11) is 1.88. The summed E-state index contributed by atoms with van der Waals surface area (Å²) >= 11 is 0. The minimum Gasteiger partial charge on any atom is -0.477 e. The lowest BCUT2D eigenvalue weighted by Crippen LogP contribution is -2.57. The summed E-state index contributed by atoms with van der Waals surface area (Å²) in [4.78, 5) is 15.1. The molecule has 0 radical (unpaired) electrons. The van der Waals surface area contributed by atoms with Crippen LogP contribution in [0, 0.1) is 6.92 Å². The number of carbonyl (C=O) groups is 1. The molecule has 2 aliphatic heterocycles. The van der Waals surface area contributed by atoms with Crippen molar-refractivity contribution in [3.8, 4) is 5.75 Å². The summed E-state index contributed by atoms with van der Waals surface area (Å²) in [6.07, 6.45) is 4.87. The Morgan fingerprint density at radius 1 is 1.28 bits per heavy atom. The predicted octanol–water partition coefficient (Wildman–Crippen LogP) is 2.52. The molecule has 1 atom stereocenters. The highest BCUT2D eigenvalue weighted by atomic mass is 16.5. The fourth-order valence-electron chi connectivity index (χ4n) is 3.71. The van der Waals surface area contributed by atoms with Crippen LogP contribution in [0.5, 0.6) is 5.75 Å². The van der Waals surface area contributed by atoms with Gasteiger partial charge in [-0.25, -0.2) is 0 Å². The molecule has 138 valence electrons. The molecule has 0 spiro atoms. The molecule has 1 N–H and O–H groups in total. The first-order chi connectivity index (χ1) is 12.1. The maximum absolute atomic E-state index is 13.3. The van der Waals surface area contributed by atoms with Crippen molar-refractivity contribution >= 4 is 5.91 Å². The first-order valence-electron chi connectivity index (χ1n) is 9.43. The number of rotatable bonds is 5. The van der Waals surface area contributed by atoms with Crippen molar-refractivity contribution in [1.82, 2.24) is 10.2 Å². The van der Waals surface area contributed by atoms with Crippen molar-refractivity contribution in [3.63, 3.8) is 0 Å². The second kappa shape index (κ2) is 8.19. The van der Waals surface area contributed by atoms with Crippen molar-refractivity contribution in [2.45, 2.75) is 50.7 Å². The average molecular weight is 346 g/mol. The number of likely N-dealkylation sites (N-methyl/N-ethyl adjacent to an activating group) is 1. The summed E-state index contributed by atoms with van der Waals surface area (Å²) in [6.45, 7) is 5.09. The molecule has 0 unspecified atom stereocenters. The molecule has 1 amide bonds. The lowest BCUT2D eigenvalue weighted by molar-refractivity contribution is -0.151.